The maximum atomic E-state index is 13.3. The summed E-state index contributed by atoms with van der Waals surface area (Å²) in [6, 6.07) is 21.2. The number of aliphatic imine (C=N–C) groups is 1. The highest BCUT2D eigenvalue weighted by Gasteiger charge is 2.32. The second-order valence-corrected chi connectivity index (χ2v) is 8.81. The van der Waals surface area contributed by atoms with Crippen LogP contribution in [0.4, 0.5) is 5.69 Å². The van der Waals surface area contributed by atoms with Crippen molar-refractivity contribution in [2.45, 2.75) is 25.6 Å². The number of hydrogen-bond donors (Lipinski definition) is 2. The van der Waals surface area contributed by atoms with Crippen molar-refractivity contribution in [2.24, 2.45) is 4.99 Å². The van der Waals surface area contributed by atoms with E-state index in [-0.39, 0.29) is 12.3 Å². The van der Waals surface area contributed by atoms with Gasteiger partial charge in [-0.05, 0) is 31.2 Å². The van der Waals surface area contributed by atoms with Crippen molar-refractivity contribution in [1.29, 1.82) is 0 Å². The van der Waals surface area contributed by atoms with Crippen LogP contribution in [0.5, 0.6) is 11.5 Å². The molecule has 0 aromatic heterocycles. The van der Waals surface area contributed by atoms with Gasteiger partial charge in [0.1, 0.15) is 17.5 Å². The van der Waals surface area contributed by atoms with E-state index in [4.69, 9.17) is 9.47 Å². The molecule has 0 saturated carbocycles. The van der Waals surface area contributed by atoms with Gasteiger partial charge in [-0.25, -0.2) is 4.99 Å². The van der Waals surface area contributed by atoms with Crippen molar-refractivity contribution >= 4 is 29.1 Å². The molecule has 4 rings (SSSR count). The number of nitrogens with zero attached hydrogens (tertiary/aromatic N) is 2. The molecule has 0 bridgehead atoms. The molecule has 2 N–H and O–H groups in total. The van der Waals surface area contributed by atoms with E-state index in [0.717, 1.165) is 11.1 Å². The van der Waals surface area contributed by atoms with E-state index in [1.165, 1.54) is 19.1 Å². The fourth-order valence-corrected chi connectivity index (χ4v) is 4.25. The van der Waals surface area contributed by atoms with Crippen LogP contribution >= 0.6 is 0 Å². The predicted molar refractivity (Wildman–Crippen MR) is 145 cm³/mol. The van der Waals surface area contributed by atoms with Gasteiger partial charge in [0, 0.05) is 23.7 Å². The van der Waals surface area contributed by atoms with Gasteiger partial charge in [0.2, 0.25) is 18.0 Å². The summed E-state index contributed by atoms with van der Waals surface area (Å²) in [6.45, 7) is 1.55. The summed E-state index contributed by atoms with van der Waals surface area (Å²) in [5.41, 5.74) is 3.49. The highest BCUT2D eigenvalue weighted by atomic mass is 16.5. The zero-order valence-electron chi connectivity index (χ0n) is 21.7. The Morgan fingerprint density at radius 1 is 1.00 bits per heavy atom. The van der Waals surface area contributed by atoms with Crippen molar-refractivity contribution < 1.29 is 23.9 Å². The van der Waals surface area contributed by atoms with Crippen LogP contribution in [0.25, 0.3) is 0 Å². The Kier molecular flexibility index (Phi) is 8.06. The molecule has 38 heavy (non-hydrogen) atoms. The summed E-state index contributed by atoms with van der Waals surface area (Å²) in [6.07, 6.45) is -1.19. The molecule has 0 fully saturated rings. The first-order valence-electron chi connectivity index (χ1n) is 12.1. The first-order valence-corrected chi connectivity index (χ1v) is 12.1. The minimum Gasteiger partial charge on any atom is -0.497 e. The Bertz CT molecular complexity index is 1370. The molecule has 9 heteroatoms. The van der Waals surface area contributed by atoms with Crippen LogP contribution in [0, 0.1) is 0 Å². The molecule has 9 nitrogen and oxygen atoms in total. The highest BCUT2D eigenvalue weighted by molar-refractivity contribution is 6.20. The zero-order valence-corrected chi connectivity index (χ0v) is 21.7. The van der Waals surface area contributed by atoms with Gasteiger partial charge in [0.05, 0.1) is 32.0 Å². The van der Waals surface area contributed by atoms with Crippen molar-refractivity contribution in [3.63, 3.8) is 0 Å². The second kappa shape index (κ2) is 11.6. The number of likely N-dealkylation sites (N-methyl/N-ethyl adjacent to an activating group) is 1. The van der Waals surface area contributed by atoms with E-state index in [1.54, 1.807) is 32.2 Å². The van der Waals surface area contributed by atoms with E-state index >= 15 is 0 Å². The number of rotatable bonds is 8. The molecular weight excluding hydrogens is 484 g/mol. The number of para-hydroxylation sites is 1. The monoisotopic (exact) mass is 514 g/mol. The molecular formula is C29H30N4O5. The fraction of sp³-hybridized carbons (Fsp3) is 0.241. The molecule has 1 heterocycles. The summed E-state index contributed by atoms with van der Waals surface area (Å²) >= 11 is 0. The van der Waals surface area contributed by atoms with Crippen LogP contribution in [-0.2, 0) is 20.8 Å². The van der Waals surface area contributed by atoms with Crippen LogP contribution in [0.15, 0.2) is 77.8 Å². The minimum atomic E-state index is -1.17. The molecule has 0 radical (unpaired) electrons. The Morgan fingerprint density at radius 2 is 1.71 bits per heavy atom. The molecule has 2 atom stereocenters. The molecule has 1 unspecified atom stereocenters. The lowest BCUT2D eigenvalue weighted by atomic mass is 10.0. The molecule has 1 aliphatic heterocycles. The predicted octanol–water partition coefficient (Wildman–Crippen LogP) is 2.71. The van der Waals surface area contributed by atoms with Crippen molar-refractivity contribution in [3.8, 4) is 11.5 Å². The second-order valence-electron chi connectivity index (χ2n) is 8.81. The van der Waals surface area contributed by atoms with E-state index in [9.17, 15) is 14.4 Å². The lowest BCUT2D eigenvalue weighted by Gasteiger charge is -2.22. The number of carbonyl (C=O) groups excluding carboxylic acids is 3. The smallest absolute Gasteiger partial charge is 0.272 e. The molecule has 3 aromatic rings. The molecule has 3 aromatic carbocycles. The van der Waals surface area contributed by atoms with Gasteiger partial charge < -0.3 is 25.0 Å². The SMILES string of the molecule is COc1ccc(OC)c(CC(=O)N[C@@H](C)C(=O)NC2N=C(c3ccccc3)c3ccccc3N(C)C2=O)c1. The number of ether oxygens (including phenoxy) is 2. The molecule has 0 aliphatic carbocycles. The normalized spacial score (nSPS) is 15.5. The summed E-state index contributed by atoms with van der Waals surface area (Å²) in [4.78, 5) is 45.3. The number of benzodiazepines with no additional fused rings is 1. The number of benzene rings is 3. The maximum Gasteiger partial charge on any atom is 0.272 e. The molecule has 196 valence electrons. The van der Waals surface area contributed by atoms with Crippen LogP contribution < -0.4 is 25.0 Å². The third-order valence-corrected chi connectivity index (χ3v) is 6.28. The Morgan fingerprint density at radius 3 is 2.42 bits per heavy atom. The topological polar surface area (TPSA) is 109 Å². The molecule has 0 saturated heterocycles. The Hall–Kier alpha value is -4.66. The van der Waals surface area contributed by atoms with E-state index in [1.807, 2.05) is 54.6 Å². The van der Waals surface area contributed by atoms with Gasteiger partial charge in [-0.1, -0.05) is 48.5 Å². The van der Waals surface area contributed by atoms with Crippen molar-refractivity contribution in [2.75, 3.05) is 26.2 Å². The van der Waals surface area contributed by atoms with E-state index < -0.39 is 24.0 Å². The Balaban J connectivity index is 1.52. The Labute approximate surface area is 221 Å². The maximum absolute atomic E-state index is 13.3. The molecule has 0 spiro atoms. The number of anilines is 1. The highest BCUT2D eigenvalue weighted by Crippen LogP contribution is 2.27. The van der Waals surface area contributed by atoms with Crippen LogP contribution in [0.3, 0.4) is 0 Å². The lowest BCUT2D eigenvalue weighted by molar-refractivity contribution is -0.130. The average Bonchev–Trinajstić information content (AvgIpc) is 3.04. The largest absolute Gasteiger partial charge is 0.497 e. The lowest BCUT2D eigenvalue weighted by Crippen LogP contribution is -2.52. The van der Waals surface area contributed by atoms with Gasteiger partial charge >= 0.3 is 0 Å². The molecule has 3 amide bonds. The van der Waals surface area contributed by atoms with Gasteiger partial charge in [-0.3, -0.25) is 14.4 Å². The summed E-state index contributed by atoms with van der Waals surface area (Å²) in [5.74, 6) is -0.193. The quantitative estimate of drug-likeness (QED) is 0.481. The first kappa shape index (κ1) is 26.4. The third-order valence-electron chi connectivity index (χ3n) is 6.28. The number of methoxy groups -OCH3 is 2. The minimum absolute atomic E-state index is 0.0191. The van der Waals surface area contributed by atoms with Crippen LogP contribution in [0.2, 0.25) is 0 Å². The van der Waals surface area contributed by atoms with Gasteiger partial charge in [0.25, 0.3) is 5.91 Å². The van der Waals surface area contributed by atoms with Gasteiger partial charge in [-0.2, -0.15) is 0 Å². The van der Waals surface area contributed by atoms with Crippen LogP contribution in [-0.4, -0.2) is 56.9 Å². The van der Waals surface area contributed by atoms with Crippen molar-refractivity contribution in [1.82, 2.24) is 10.6 Å². The number of carbonyl (C=O) groups is 3. The fourth-order valence-electron chi connectivity index (χ4n) is 4.25. The number of hydrogen-bond acceptors (Lipinski definition) is 6. The third kappa shape index (κ3) is 5.67. The number of nitrogens with one attached hydrogen (secondary N) is 2. The zero-order chi connectivity index (χ0) is 27.2. The number of amides is 3. The standard InChI is InChI=1S/C29H30N4O5/c1-18(30-25(34)17-20-16-21(37-3)14-15-24(20)38-4)28(35)32-27-29(36)33(2)23-13-9-8-12-22(23)26(31-27)19-10-6-5-7-11-19/h5-16,18,27H,17H2,1-4H3,(H,30,34)(H,32,35)/t18-,27?/m0/s1. The van der Waals surface area contributed by atoms with E-state index in [0.29, 0.717) is 28.5 Å². The van der Waals surface area contributed by atoms with Gasteiger partial charge in [-0.15, -0.1) is 0 Å². The summed E-state index contributed by atoms with van der Waals surface area (Å²) < 4.78 is 10.6. The average molecular weight is 515 g/mol. The van der Waals surface area contributed by atoms with E-state index in [2.05, 4.69) is 15.6 Å². The summed E-state index contributed by atoms with van der Waals surface area (Å²) in [7, 11) is 4.70. The number of fused-ring (bicyclic) bond motifs is 1. The van der Waals surface area contributed by atoms with Crippen molar-refractivity contribution in [3.05, 3.63) is 89.5 Å². The first-order chi connectivity index (χ1) is 18.3. The van der Waals surface area contributed by atoms with Gasteiger partial charge in [0.15, 0.2) is 0 Å². The summed E-state index contributed by atoms with van der Waals surface area (Å²) in [5, 5.41) is 5.39. The molecule has 1 aliphatic rings. The van der Waals surface area contributed by atoms with Crippen LogP contribution in [0.1, 0.15) is 23.6 Å².